The second-order valence-electron chi connectivity index (χ2n) is 8.31. The minimum Gasteiger partial charge on any atom is -0.378 e. The van der Waals surface area contributed by atoms with Gasteiger partial charge in [-0.2, -0.15) is 0 Å². The van der Waals surface area contributed by atoms with Crippen LogP contribution in [0.3, 0.4) is 0 Å². The molecule has 5 rings (SSSR count). The van der Waals surface area contributed by atoms with Crippen LogP contribution in [0.25, 0.3) is 0 Å². The number of rotatable bonds is 2. The fourth-order valence-electron chi connectivity index (χ4n) is 5.08. The van der Waals surface area contributed by atoms with Crippen molar-refractivity contribution in [3.8, 4) is 0 Å². The zero-order chi connectivity index (χ0) is 17.6. The summed E-state index contributed by atoms with van der Waals surface area (Å²) in [7, 11) is 0. The van der Waals surface area contributed by atoms with Crippen molar-refractivity contribution in [1.29, 1.82) is 0 Å². The van der Waals surface area contributed by atoms with Crippen molar-refractivity contribution in [3.05, 3.63) is 30.3 Å². The van der Waals surface area contributed by atoms with Crippen LogP contribution in [0, 0.1) is 0 Å². The molecule has 1 aromatic rings. The highest BCUT2D eigenvalue weighted by Gasteiger charge is 2.56. The SMILES string of the molecule is O=C(Nc1ccccc1)N1CC2COCCN2C2(C1)CN(C1CCC1)C2. The van der Waals surface area contributed by atoms with E-state index in [0.29, 0.717) is 6.04 Å². The first kappa shape index (κ1) is 16.5. The van der Waals surface area contributed by atoms with Crippen LogP contribution in [0.2, 0.25) is 0 Å². The van der Waals surface area contributed by atoms with E-state index in [1.807, 2.05) is 35.2 Å². The van der Waals surface area contributed by atoms with Crippen LogP contribution >= 0.6 is 0 Å². The average Bonchev–Trinajstić information content (AvgIpc) is 2.59. The average molecular weight is 356 g/mol. The summed E-state index contributed by atoms with van der Waals surface area (Å²) >= 11 is 0. The summed E-state index contributed by atoms with van der Waals surface area (Å²) in [6, 6.07) is 10.9. The summed E-state index contributed by atoms with van der Waals surface area (Å²) in [5.74, 6) is 0. The van der Waals surface area contributed by atoms with E-state index < -0.39 is 0 Å². The van der Waals surface area contributed by atoms with Gasteiger partial charge in [0.05, 0.1) is 24.8 Å². The number of para-hydroxylation sites is 1. The smallest absolute Gasteiger partial charge is 0.321 e. The number of hydrogen-bond donors (Lipinski definition) is 1. The fourth-order valence-corrected chi connectivity index (χ4v) is 5.08. The van der Waals surface area contributed by atoms with E-state index in [2.05, 4.69) is 15.1 Å². The Morgan fingerprint density at radius 3 is 2.65 bits per heavy atom. The highest BCUT2D eigenvalue weighted by molar-refractivity contribution is 5.89. The Labute approximate surface area is 155 Å². The first-order valence-corrected chi connectivity index (χ1v) is 9.93. The van der Waals surface area contributed by atoms with Crippen molar-refractivity contribution in [3.63, 3.8) is 0 Å². The van der Waals surface area contributed by atoms with Gasteiger partial charge in [-0.1, -0.05) is 24.6 Å². The van der Waals surface area contributed by atoms with Crippen molar-refractivity contribution in [2.45, 2.75) is 36.9 Å². The summed E-state index contributed by atoms with van der Waals surface area (Å²) in [4.78, 5) is 20.2. The van der Waals surface area contributed by atoms with Gasteiger partial charge < -0.3 is 15.0 Å². The van der Waals surface area contributed by atoms with Gasteiger partial charge in [0.1, 0.15) is 0 Å². The molecule has 0 bridgehead atoms. The number of morpholine rings is 1. The maximum absolute atomic E-state index is 12.9. The third-order valence-electron chi connectivity index (χ3n) is 6.65. The fraction of sp³-hybridized carbons (Fsp3) is 0.650. The van der Waals surface area contributed by atoms with Gasteiger partial charge in [0.15, 0.2) is 0 Å². The largest absolute Gasteiger partial charge is 0.378 e. The molecule has 1 aliphatic carbocycles. The number of carbonyl (C=O) groups is 1. The van der Waals surface area contributed by atoms with Gasteiger partial charge in [-0.25, -0.2) is 4.79 Å². The minimum absolute atomic E-state index is 0.0166. The monoisotopic (exact) mass is 356 g/mol. The number of amides is 2. The second-order valence-corrected chi connectivity index (χ2v) is 8.31. The first-order valence-electron chi connectivity index (χ1n) is 9.93. The molecule has 0 radical (unpaired) electrons. The predicted octanol–water partition coefficient (Wildman–Crippen LogP) is 1.84. The molecule has 1 N–H and O–H groups in total. The number of piperazine rings is 1. The van der Waals surface area contributed by atoms with Crippen LogP contribution < -0.4 is 5.32 Å². The molecule has 1 saturated carbocycles. The number of nitrogens with zero attached hydrogens (tertiary/aromatic N) is 3. The van der Waals surface area contributed by atoms with Gasteiger partial charge in [0.25, 0.3) is 0 Å². The second kappa shape index (κ2) is 6.51. The third kappa shape index (κ3) is 2.80. The van der Waals surface area contributed by atoms with Crippen LogP contribution in [-0.2, 0) is 4.74 Å². The molecule has 3 heterocycles. The Morgan fingerprint density at radius 2 is 1.92 bits per heavy atom. The first-order chi connectivity index (χ1) is 12.7. The number of likely N-dealkylation sites (tertiary alicyclic amines) is 1. The summed E-state index contributed by atoms with van der Waals surface area (Å²) in [5.41, 5.74) is 0.981. The molecule has 1 atom stereocenters. The number of benzene rings is 1. The van der Waals surface area contributed by atoms with Gasteiger partial charge in [-0.05, 0) is 25.0 Å². The van der Waals surface area contributed by atoms with E-state index in [1.54, 1.807) is 0 Å². The number of fused-ring (bicyclic) bond motifs is 2. The van der Waals surface area contributed by atoms with E-state index >= 15 is 0 Å². The molecule has 26 heavy (non-hydrogen) atoms. The zero-order valence-electron chi connectivity index (χ0n) is 15.3. The van der Waals surface area contributed by atoms with Gasteiger partial charge in [-0.15, -0.1) is 0 Å². The molecular weight excluding hydrogens is 328 g/mol. The van der Waals surface area contributed by atoms with Gasteiger partial charge >= 0.3 is 6.03 Å². The minimum atomic E-state index is 0.0166. The van der Waals surface area contributed by atoms with Crippen molar-refractivity contribution < 1.29 is 9.53 Å². The Balaban J connectivity index is 1.31. The third-order valence-corrected chi connectivity index (χ3v) is 6.65. The lowest BCUT2D eigenvalue weighted by atomic mass is 9.78. The van der Waals surface area contributed by atoms with E-state index in [4.69, 9.17) is 4.74 Å². The number of hydrogen-bond acceptors (Lipinski definition) is 4. The molecule has 1 spiro atoms. The Bertz CT molecular complexity index is 657. The van der Waals surface area contributed by atoms with Crippen molar-refractivity contribution in [1.82, 2.24) is 14.7 Å². The molecule has 3 saturated heterocycles. The maximum Gasteiger partial charge on any atom is 0.321 e. The van der Waals surface area contributed by atoms with Crippen molar-refractivity contribution in [2.24, 2.45) is 0 Å². The highest BCUT2D eigenvalue weighted by atomic mass is 16.5. The molecule has 1 unspecified atom stereocenters. The molecular formula is C20H28N4O2. The lowest BCUT2D eigenvalue weighted by Crippen LogP contribution is -2.82. The van der Waals surface area contributed by atoms with Crippen LogP contribution in [0.1, 0.15) is 19.3 Å². The number of urea groups is 1. The van der Waals surface area contributed by atoms with Gasteiger partial charge in [0, 0.05) is 44.5 Å². The lowest BCUT2D eigenvalue weighted by Gasteiger charge is -2.65. The molecule has 140 valence electrons. The molecule has 4 aliphatic rings. The zero-order valence-corrected chi connectivity index (χ0v) is 15.3. The standard InChI is InChI=1S/C20H28N4O2/c25-19(21-16-5-2-1-3-6-16)22-11-18-12-26-10-9-24(18)20(13-22)14-23(15-20)17-7-4-8-17/h1-3,5-6,17-18H,4,7-15H2,(H,21,25). The summed E-state index contributed by atoms with van der Waals surface area (Å²) in [6.45, 7) is 6.33. The molecule has 1 aromatic carbocycles. The van der Waals surface area contributed by atoms with E-state index in [0.717, 1.165) is 57.7 Å². The molecule has 6 nitrogen and oxygen atoms in total. The van der Waals surface area contributed by atoms with Crippen LogP contribution in [0.4, 0.5) is 10.5 Å². The molecule has 4 fully saturated rings. The number of ether oxygens (including phenoxy) is 1. The maximum atomic E-state index is 12.9. The predicted molar refractivity (Wildman–Crippen MR) is 100 cm³/mol. The Morgan fingerprint density at radius 1 is 1.12 bits per heavy atom. The number of nitrogens with one attached hydrogen (secondary N) is 1. The lowest BCUT2D eigenvalue weighted by molar-refractivity contribution is -0.170. The molecule has 0 aromatic heterocycles. The van der Waals surface area contributed by atoms with Crippen molar-refractivity contribution >= 4 is 11.7 Å². The van der Waals surface area contributed by atoms with Crippen LogP contribution in [-0.4, -0.2) is 84.3 Å². The molecule has 6 heteroatoms. The molecule has 2 amide bonds. The van der Waals surface area contributed by atoms with Crippen molar-refractivity contribution in [2.75, 3.05) is 51.3 Å². The van der Waals surface area contributed by atoms with Gasteiger partial charge in [-0.3, -0.25) is 9.80 Å². The highest BCUT2D eigenvalue weighted by Crippen LogP contribution is 2.40. The van der Waals surface area contributed by atoms with E-state index in [9.17, 15) is 4.79 Å². The van der Waals surface area contributed by atoms with Crippen LogP contribution in [0.15, 0.2) is 30.3 Å². The quantitative estimate of drug-likeness (QED) is 0.879. The van der Waals surface area contributed by atoms with E-state index in [1.165, 1.54) is 19.3 Å². The number of carbonyl (C=O) groups excluding carboxylic acids is 1. The van der Waals surface area contributed by atoms with Gasteiger partial charge in [0.2, 0.25) is 0 Å². The Hall–Kier alpha value is -1.63. The molecule has 3 aliphatic heterocycles. The summed E-state index contributed by atoms with van der Waals surface area (Å²) in [6.07, 6.45) is 4.07. The van der Waals surface area contributed by atoms with E-state index in [-0.39, 0.29) is 11.6 Å². The topological polar surface area (TPSA) is 48.1 Å². The van der Waals surface area contributed by atoms with Crippen LogP contribution in [0.5, 0.6) is 0 Å². The summed E-state index contributed by atoms with van der Waals surface area (Å²) < 4.78 is 5.74. The number of anilines is 1. The normalized spacial score (nSPS) is 28.9. The summed E-state index contributed by atoms with van der Waals surface area (Å²) in [5, 5.41) is 3.06. The Kier molecular flexibility index (Phi) is 4.14.